The molecule has 0 aliphatic rings. The van der Waals surface area contributed by atoms with Crippen LogP contribution in [0.4, 0.5) is 34.1 Å². The summed E-state index contributed by atoms with van der Waals surface area (Å²) in [6, 6.07) is 70.0. The molecule has 0 atom stereocenters. The molecule has 0 saturated carbocycles. The predicted octanol–water partition coefficient (Wildman–Crippen LogP) is 15.7. The summed E-state index contributed by atoms with van der Waals surface area (Å²) in [7, 11) is 0. The predicted molar refractivity (Wildman–Crippen MR) is 244 cm³/mol. The van der Waals surface area contributed by atoms with Crippen molar-refractivity contribution in [1.29, 1.82) is 0 Å². The maximum atomic E-state index is 4.26. The van der Waals surface area contributed by atoms with Gasteiger partial charge in [-0.15, -0.1) is 0 Å². The van der Waals surface area contributed by atoms with E-state index < -0.39 is 0 Å². The van der Waals surface area contributed by atoms with E-state index in [1.165, 1.54) is 48.5 Å². The van der Waals surface area contributed by atoms with Crippen LogP contribution in [-0.2, 0) is 0 Å². The van der Waals surface area contributed by atoms with Crippen LogP contribution in [0.25, 0.3) is 66.0 Å². The number of benzene rings is 10. The van der Waals surface area contributed by atoms with E-state index in [9.17, 15) is 0 Å². The summed E-state index contributed by atoms with van der Waals surface area (Å²) in [4.78, 5) is 4.72. The molecular weight excluding hydrogens is 677 g/mol. The van der Waals surface area contributed by atoms with Crippen molar-refractivity contribution in [2.45, 2.75) is 0 Å². The van der Waals surface area contributed by atoms with Crippen molar-refractivity contribution in [3.63, 3.8) is 0 Å². The molecule has 10 aromatic rings. The number of nitrogens with zero attached hydrogens (tertiary/aromatic N) is 2. The Labute approximate surface area is 327 Å². The van der Waals surface area contributed by atoms with E-state index in [1.54, 1.807) is 0 Å². The largest absolute Gasteiger partial charge is 0.310 e. The minimum absolute atomic E-state index is 1.05. The van der Waals surface area contributed by atoms with E-state index in [0.717, 1.165) is 50.6 Å². The third kappa shape index (κ3) is 5.42. The second kappa shape index (κ2) is 13.8. The van der Waals surface area contributed by atoms with Crippen LogP contribution in [0.3, 0.4) is 0 Å². The second-order valence-corrected chi connectivity index (χ2v) is 14.2. The highest BCUT2D eigenvalue weighted by Gasteiger charge is 2.20. The van der Waals surface area contributed by atoms with Gasteiger partial charge in [0.2, 0.25) is 0 Å². The molecule has 0 aliphatic carbocycles. The summed E-state index contributed by atoms with van der Waals surface area (Å²) < 4.78 is 0. The van der Waals surface area contributed by atoms with Gasteiger partial charge in [0.25, 0.3) is 0 Å². The molecule has 0 fully saturated rings. The first-order valence-electron chi connectivity index (χ1n) is 19.1. The Hall–Kier alpha value is -7.42. The highest BCUT2D eigenvalue weighted by Crippen LogP contribution is 2.44. The van der Waals surface area contributed by atoms with Gasteiger partial charge in [0.15, 0.2) is 0 Å². The Morgan fingerprint density at radius 2 is 0.571 bits per heavy atom. The second-order valence-electron chi connectivity index (χ2n) is 14.2. The number of hydrogen-bond donors (Lipinski definition) is 0. The first kappa shape index (κ1) is 33.2. The van der Waals surface area contributed by atoms with Crippen molar-refractivity contribution in [3.8, 4) is 0 Å². The van der Waals surface area contributed by atoms with Crippen molar-refractivity contribution in [2.24, 2.45) is 0 Å². The number of hydrogen-bond acceptors (Lipinski definition) is 2. The zero-order chi connectivity index (χ0) is 37.6. The molecule has 2 heteroatoms. The maximum absolute atomic E-state index is 4.26. The van der Waals surface area contributed by atoms with Crippen LogP contribution >= 0.6 is 0 Å². The maximum Gasteiger partial charge on any atom is 0.0482 e. The molecule has 0 aromatic heterocycles. The summed E-state index contributed by atoms with van der Waals surface area (Å²) in [6.45, 7) is 8.47. The van der Waals surface area contributed by atoms with Crippen LogP contribution in [0.5, 0.6) is 0 Å². The zero-order valence-corrected chi connectivity index (χ0v) is 30.9. The molecule has 0 radical (unpaired) electrons. The Balaban J connectivity index is 1.18. The van der Waals surface area contributed by atoms with E-state index in [2.05, 4.69) is 217 Å². The zero-order valence-electron chi connectivity index (χ0n) is 30.9. The average molecular weight is 715 g/mol. The lowest BCUT2D eigenvalue weighted by molar-refractivity contribution is 1.25. The van der Waals surface area contributed by atoms with Crippen LogP contribution in [-0.4, -0.2) is 0 Å². The minimum Gasteiger partial charge on any atom is -0.310 e. The number of rotatable bonds is 8. The van der Waals surface area contributed by atoms with Gasteiger partial charge in [-0.3, -0.25) is 0 Å². The van der Waals surface area contributed by atoms with Crippen molar-refractivity contribution < 1.29 is 0 Å². The Morgan fingerprint density at radius 3 is 1.05 bits per heavy atom. The molecule has 0 N–H and O–H groups in total. The molecule has 0 unspecified atom stereocenters. The molecule has 10 aromatic carbocycles. The van der Waals surface area contributed by atoms with Crippen LogP contribution in [0.2, 0.25) is 0 Å². The van der Waals surface area contributed by atoms with E-state index >= 15 is 0 Å². The first-order valence-corrected chi connectivity index (χ1v) is 19.1. The van der Waals surface area contributed by atoms with Crippen LogP contribution in [0.15, 0.2) is 207 Å². The van der Waals surface area contributed by atoms with Gasteiger partial charge in [-0.05, 0) is 132 Å². The molecule has 0 bridgehead atoms. The molecule has 0 amide bonds. The Morgan fingerprint density at radius 1 is 0.250 bits per heavy atom. The lowest BCUT2D eigenvalue weighted by Crippen LogP contribution is -2.13. The molecular formula is C54H38N2. The molecule has 56 heavy (non-hydrogen) atoms. The molecule has 264 valence electrons. The van der Waals surface area contributed by atoms with Crippen LogP contribution < -0.4 is 9.80 Å². The molecule has 10 rings (SSSR count). The summed E-state index contributed by atoms with van der Waals surface area (Å²) in [6.07, 6.45) is 3.93. The van der Waals surface area contributed by atoms with Crippen molar-refractivity contribution in [1.82, 2.24) is 0 Å². The topological polar surface area (TPSA) is 6.48 Å². The molecule has 0 saturated heterocycles. The van der Waals surface area contributed by atoms with Crippen LogP contribution in [0, 0.1) is 0 Å². The number of fused-ring (bicyclic) bond motifs is 9. The van der Waals surface area contributed by atoms with Crippen molar-refractivity contribution in [3.05, 3.63) is 218 Å². The Kier molecular flexibility index (Phi) is 8.16. The molecule has 0 heterocycles. The van der Waals surface area contributed by atoms with Gasteiger partial charge >= 0.3 is 0 Å². The third-order valence-corrected chi connectivity index (χ3v) is 11.1. The van der Waals surface area contributed by atoms with Crippen LogP contribution in [0.1, 0.15) is 11.1 Å². The minimum atomic E-state index is 1.05. The number of anilines is 6. The fourth-order valence-electron chi connectivity index (χ4n) is 8.67. The quantitative estimate of drug-likeness (QED) is 0.145. The van der Waals surface area contributed by atoms with E-state index in [-0.39, 0.29) is 0 Å². The summed E-state index contributed by atoms with van der Waals surface area (Å²) >= 11 is 0. The van der Waals surface area contributed by atoms with Crippen molar-refractivity contribution in [2.75, 3.05) is 9.80 Å². The normalized spacial score (nSPS) is 11.4. The average Bonchev–Trinajstić information content (AvgIpc) is 3.27. The fraction of sp³-hybridized carbons (Fsp3) is 0. The van der Waals surface area contributed by atoms with Gasteiger partial charge in [-0.1, -0.05) is 153 Å². The number of para-hydroxylation sites is 2. The van der Waals surface area contributed by atoms with E-state index in [4.69, 9.17) is 0 Å². The standard InChI is InChI=1S/C54H38N2/c1-3-43-44(4-2)53-35-41(30-32-51(53)46-25-12-11-24-45(43)46)55(37-18-7-5-8-19-37)39-22-17-23-40(34-39)56(38-20-9-6-10-21-38)42-31-33-52-49-28-14-13-26-47(49)48-27-15-16-29-50(48)54(52)36-42/h3-36H,1-2H2. The fourth-order valence-corrected chi connectivity index (χ4v) is 8.67. The van der Waals surface area contributed by atoms with Gasteiger partial charge in [0.05, 0.1) is 0 Å². The lowest BCUT2D eigenvalue weighted by atomic mass is 9.91. The lowest BCUT2D eigenvalue weighted by Gasteiger charge is -2.30. The summed E-state index contributed by atoms with van der Waals surface area (Å²) in [5, 5.41) is 12.3. The van der Waals surface area contributed by atoms with Gasteiger partial charge in [-0.25, -0.2) is 0 Å². The molecule has 2 nitrogen and oxygen atoms in total. The SMILES string of the molecule is C=Cc1c(C=C)c2cc(N(c3ccccc3)c3cccc(N(c4ccccc4)c4ccc5c6ccccc6c6ccccc6c5c4)c3)ccc2c2ccccc12. The van der Waals surface area contributed by atoms with Gasteiger partial charge in [-0.2, -0.15) is 0 Å². The summed E-state index contributed by atoms with van der Waals surface area (Å²) in [5.74, 6) is 0. The molecule has 0 spiro atoms. The van der Waals surface area contributed by atoms with Crippen molar-refractivity contribution >= 4 is 100 Å². The van der Waals surface area contributed by atoms with Gasteiger partial charge in [0, 0.05) is 34.1 Å². The summed E-state index contributed by atoms with van der Waals surface area (Å²) in [5.41, 5.74) is 8.62. The highest BCUT2D eigenvalue weighted by molar-refractivity contribution is 6.26. The smallest absolute Gasteiger partial charge is 0.0482 e. The van der Waals surface area contributed by atoms with Gasteiger partial charge < -0.3 is 9.80 Å². The third-order valence-electron chi connectivity index (χ3n) is 11.1. The van der Waals surface area contributed by atoms with E-state index in [0.29, 0.717) is 0 Å². The van der Waals surface area contributed by atoms with E-state index in [1.807, 2.05) is 12.2 Å². The molecule has 0 aliphatic heterocycles. The first-order chi connectivity index (χ1) is 27.7. The Bertz CT molecular complexity index is 3090. The monoisotopic (exact) mass is 714 g/mol. The highest BCUT2D eigenvalue weighted by atomic mass is 15.2. The van der Waals surface area contributed by atoms with Gasteiger partial charge in [0.1, 0.15) is 0 Å².